The normalized spacial score (nSPS) is 20.5. The molecule has 1 atom stereocenters. The SMILES string of the molecule is COC(OC)C(C)NC(=O)C1(CN)CCCC1. The fourth-order valence-corrected chi connectivity index (χ4v) is 2.51. The van der Waals surface area contributed by atoms with Gasteiger partial charge in [0, 0.05) is 20.8 Å². The van der Waals surface area contributed by atoms with E-state index in [1.165, 1.54) is 0 Å². The first-order chi connectivity index (χ1) is 8.09. The van der Waals surface area contributed by atoms with E-state index in [0.29, 0.717) is 6.54 Å². The van der Waals surface area contributed by atoms with Gasteiger partial charge in [-0.1, -0.05) is 12.8 Å². The molecular weight excluding hydrogens is 220 g/mol. The molecule has 0 aromatic carbocycles. The second-order valence-electron chi connectivity index (χ2n) is 4.79. The molecule has 5 nitrogen and oxygen atoms in total. The molecule has 0 aromatic rings. The molecule has 1 saturated carbocycles. The summed E-state index contributed by atoms with van der Waals surface area (Å²) >= 11 is 0. The van der Waals surface area contributed by atoms with E-state index in [0.717, 1.165) is 25.7 Å². The van der Waals surface area contributed by atoms with Gasteiger partial charge < -0.3 is 20.5 Å². The summed E-state index contributed by atoms with van der Waals surface area (Å²) in [5.41, 5.74) is 5.39. The lowest BCUT2D eigenvalue weighted by Crippen LogP contribution is -2.51. The van der Waals surface area contributed by atoms with Crippen LogP contribution in [0, 0.1) is 5.41 Å². The predicted molar refractivity (Wildman–Crippen MR) is 65.4 cm³/mol. The third kappa shape index (κ3) is 3.18. The van der Waals surface area contributed by atoms with Gasteiger partial charge in [0.05, 0.1) is 11.5 Å². The second-order valence-corrected chi connectivity index (χ2v) is 4.79. The standard InChI is InChI=1S/C12H24N2O3/c1-9(10(16-2)17-3)14-11(15)12(8-13)6-4-5-7-12/h9-10H,4-8,13H2,1-3H3,(H,14,15). The maximum Gasteiger partial charge on any atom is 0.227 e. The number of rotatable bonds is 6. The Bertz CT molecular complexity index is 248. The summed E-state index contributed by atoms with van der Waals surface area (Å²) in [5, 5.41) is 2.95. The number of methoxy groups -OCH3 is 2. The molecular formula is C12H24N2O3. The Morgan fingerprint density at radius 1 is 1.35 bits per heavy atom. The zero-order valence-corrected chi connectivity index (χ0v) is 11.0. The molecule has 1 unspecified atom stereocenters. The average molecular weight is 244 g/mol. The number of hydrogen-bond acceptors (Lipinski definition) is 4. The summed E-state index contributed by atoms with van der Waals surface area (Å²) in [4.78, 5) is 12.2. The summed E-state index contributed by atoms with van der Waals surface area (Å²) in [6.07, 6.45) is 3.50. The molecule has 1 amide bonds. The van der Waals surface area contributed by atoms with Crippen LogP contribution in [0.4, 0.5) is 0 Å². The van der Waals surface area contributed by atoms with Crippen molar-refractivity contribution in [3.05, 3.63) is 0 Å². The monoisotopic (exact) mass is 244 g/mol. The predicted octanol–water partition coefficient (Wildman–Crippen LogP) is 0.629. The Hall–Kier alpha value is -0.650. The van der Waals surface area contributed by atoms with Gasteiger partial charge in [-0.25, -0.2) is 0 Å². The topological polar surface area (TPSA) is 73.6 Å². The molecule has 0 radical (unpaired) electrons. The van der Waals surface area contributed by atoms with E-state index >= 15 is 0 Å². The van der Waals surface area contributed by atoms with Crippen molar-refractivity contribution in [2.75, 3.05) is 20.8 Å². The van der Waals surface area contributed by atoms with Gasteiger partial charge >= 0.3 is 0 Å². The molecule has 1 aliphatic carbocycles. The Morgan fingerprint density at radius 2 is 1.88 bits per heavy atom. The summed E-state index contributed by atoms with van der Waals surface area (Å²) in [7, 11) is 3.12. The van der Waals surface area contributed by atoms with Gasteiger partial charge in [-0.2, -0.15) is 0 Å². The van der Waals surface area contributed by atoms with Crippen molar-refractivity contribution in [2.45, 2.75) is 44.9 Å². The first kappa shape index (κ1) is 14.4. The zero-order valence-electron chi connectivity index (χ0n) is 11.0. The summed E-state index contributed by atoms with van der Waals surface area (Å²) in [6, 6.07) is -0.179. The highest BCUT2D eigenvalue weighted by molar-refractivity contribution is 5.83. The first-order valence-electron chi connectivity index (χ1n) is 6.16. The second kappa shape index (κ2) is 6.33. The maximum atomic E-state index is 12.2. The van der Waals surface area contributed by atoms with Gasteiger partial charge in [0.25, 0.3) is 0 Å². The van der Waals surface area contributed by atoms with Crippen molar-refractivity contribution in [2.24, 2.45) is 11.1 Å². The van der Waals surface area contributed by atoms with E-state index in [-0.39, 0.29) is 17.4 Å². The van der Waals surface area contributed by atoms with E-state index in [4.69, 9.17) is 15.2 Å². The largest absolute Gasteiger partial charge is 0.354 e. The van der Waals surface area contributed by atoms with Crippen LogP contribution in [0.2, 0.25) is 0 Å². The Balaban J connectivity index is 2.58. The lowest BCUT2D eigenvalue weighted by Gasteiger charge is -2.30. The van der Waals surface area contributed by atoms with Crippen molar-refractivity contribution in [1.29, 1.82) is 0 Å². The molecule has 1 fully saturated rings. The third-order valence-electron chi connectivity index (χ3n) is 3.66. The van der Waals surface area contributed by atoms with E-state index in [1.807, 2.05) is 6.92 Å². The smallest absolute Gasteiger partial charge is 0.227 e. The lowest BCUT2D eigenvalue weighted by atomic mass is 9.85. The Morgan fingerprint density at radius 3 is 2.29 bits per heavy atom. The van der Waals surface area contributed by atoms with Crippen molar-refractivity contribution in [3.63, 3.8) is 0 Å². The molecule has 3 N–H and O–H groups in total. The van der Waals surface area contributed by atoms with E-state index in [1.54, 1.807) is 14.2 Å². The molecule has 1 rings (SSSR count). The molecule has 17 heavy (non-hydrogen) atoms. The quantitative estimate of drug-likeness (QED) is 0.672. The van der Waals surface area contributed by atoms with Crippen molar-refractivity contribution < 1.29 is 14.3 Å². The van der Waals surface area contributed by atoms with Crippen molar-refractivity contribution in [1.82, 2.24) is 5.32 Å². The molecule has 0 bridgehead atoms. The van der Waals surface area contributed by atoms with E-state index < -0.39 is 6.29 Å². The van der Waals surface area contributed by atoms with Crippen molar-refractivity contribution in [3.8, 4) is 0 Å². The van der Waals surface area contributed by atoms with Crippen LogP contribution in [0.25, 0.3) is 0 Å². The number of carbonyl (C=O) groups excluding carboxylic acids is 1. The minimum Gasteiger partial charge on any atom is -0.354 e. The molecule has 0 heterocycles. The molecule has 1 aliphatic rings. The number of nitrogens with two attached hydrogens (primary N) is 1. The van der Waals surface area contributed by atoms with Gasteiger partial charge in [0.15, 0.2) is 6.29 Å². The van der Waals surface area contributed by atoms with E-state index in [9.17, 15) is 4.79 Å². The lowest BCUT2D eigenvalue weighted by molar-refractivity contribution is -0.142. The van der Waals surface area contributed by atoms with E-state index in [2.05, 4.69) is 5.32 Å². The molecule has 0 saturated heterocycles. The molecule has 0 spiro atoms. The van der Waals surface area contributed by atoms with Crippen molar-refractivity contribution >= 4 is 5.91 Å². The third-order valence-corrected chi connectivity index (χ3v) is 3.66. The minimum absolute atomic E-state index is 0.0316. The van der Waals surface area contributed by atoms with Crippen LogP contribution in [0.3, 0.4) is 0 Å². The number of ether oxygens (including phenoxy) is 2. The summed E-state index contributed by atoms with van der Waals surface area (Å²) in [5.74, 6) is 0.0316. The minimum atomic E-state index is -0.421. The summed E-state index contributed by atoms with van der Waals surface area (Å²) in [6.45, 7) is 2.28. The van der Waals surface area contributed by atoms with Crippen LogP contribution in [0.15, 0.2) is 0 Å². The van der Waals surface area contributed by atoms with Crippen LogP contribution < -0.4 is 11.1 Å². The molecule has 5 heteroatoms. The Labute approximate surface area is 103 Å². The Kier molecular flexibility index (Phi) is 5.36. The highest BCUT2D eigenvalue weighted by Gasteiger charge is 2.40. The molecule has 0 aromatic heterocycles. The highest BCUT2D eigenvalue weighted by Crippen LogP contribution is 2.37. The van der Waals surface area contributed by atoms with Gasteiger partial charge in [-0.05, 0) is 19.8 Å². The first-order valence-corrected chi connectivity index (χ1v) is 6.16. The molecule has 100 valence electrons. The molecule has 0 aliphatic heterocycles. The van der Waals surface area contributed by atoms with Crippen LogP contribution in [0.5, 0.6) is 0 Å². The number of hydrogen-bond donors (Lipinski definition) is 2. The van der Waals surface area contributed by atoms with Gasteiger partial charge in [-0.3, -0.25) is 4.79 Å². The highest BCUT2D eigenvalue weighted by atomic mass is 16.7. The van der Waals surface area contributed by atoms with Gasteiger partial charge in [-0.15, -0.1) is 0 Å². The number of amides is 1. The average Bonchev–Trinajstić information content (AvgIpc) is 2.80. The van der Waals surface area contributed by atoms with Crippen LogP contribution >= 0.6 is 0 Å². The zero-order chi connectivity index (χ0) is 12.9. The maximum absolute atomic E-state index is 12.2. The van der Waals surface area contributed by atoms with Crippen LogP contribution in [0.1, 0.15) is 32.6 Å². The van der Waals surface area contributed by atoms with Crippen LogP contribution in [-0.2, 0) is 14.3 Å². The number of carbonyl (C=O) groups is 1. The fraction of sp³-hybridized carbons (Fsp3) is 0.917. The van der Waals surface area contributed by atoms with Gasteiger partial charge in [0.1, 0.15) is 0 Å². The van der Waals surface area contributed by atoms with Gasteiger partial charge in [0.2, 0.25) is 5.91 Å². The van der Waals surface area contributed by atoms with Crippen LogP contribution in [-0.4, -0.2) is 39.0 Å². The summed E-state index contributed by atoms with van der Waals surface area (Å²) < 4.78 is 10.2. The number of nitrogens with one attached hydrogen (secondary N) is 1. The fourth-order valence-electron chi connectivity index (χ4n) is 2.51.